The van der Waals surface area contributed by atoms with Gasteiger partial charge in [0, 0.05) is 25.1 Å². The number of nitrogens with zero attached hydrogens (tertiary/aromatic N) is 1. The molecule has 0 radical (unpaired) electrons. The number of fused-ring (bicyclic) bond motifs is 1. The molecule has 0 unspecified atom stereocenters. The minimum atomic E-state index is -3.69. The van der Waals surface area contributed by atoms with Gasteiger partial charge in [-0.15, -0.1) is 0 Å². The number of carbonyl (C=O) groups is 1. The minimum absolute atomic E-state index is 0.137. The third kappa shape index (κ3) is 5.55. The molecule has 2 aliphatic heterocycles. The highest BCUT2D eigenvalue weighted by atomic mass is 32.2. The van der Waals surface area contributed by atoms with Gasteiger partial charge in [0.25, 0.3) is 10.0 Å². The first-order chi connectivity index (χ1) is 15.0. The van der Waals surface area contributed by atoms with Crippen molar-refractivity contribution in [3.05, 3.63) is 48.0 Å². The molecule has 8 nitrogen and oxygen atoms in total. The number of ether oxygens (including phenoxy) is 2. The molecule has 4 rings (SSSR count). The van der Waals surface area contributed by atoms with Gasteiger partial charge in [-0.3, -0.25) is 14.5 Å². The molecule has 2 heterocycles. The Hall–Kier alpha value is -3.07. The Labute approximate surface area is 181 Å². The molecule has 0 aromatic heterocycles. The molecule has 0 spiro atoms. The smallest absolute Gasteiger partial charge is 0.262 e. The van der Waals surface area contributed by atoms with Crippen molar-refractivity contribution in [2.45, 2.75) is 43.4 Å². The Kier molecular flexibility index (Phi) is 6.41. The molecule has 0 aliphatic carbocycles. The van der Waals surface area contributed by atoms with Crippen molar-refractivity contribution in [3.8, 4) is 11.5 Å². The fourth-order valence-electron chi connectivity index (χ4n) is 3.47. The highest BCUT2D eigenvalue weighted by Crippen LogP contribution is 2.32. The summed E-state index contributed by atoms with van der Waals surface area (Å²) in [5.41, 5.74) is 1.52. The zero-order valence-electron chi connectivity index (χ0n) is 17.1. The van der Waals surface area contributed by atoms with Crippen molar-refractivity contribution in [2.24, 2.45) is 4.99 Å². The summed E-state index contributed by atoms with van der Waals surface area (Å²) in [6.45, 7) is 0.865. The quantitative estimate of drug-likeness (QED) is 0.713. The number of benzene rings is 2. The maximum Gasteiger partial charge on any atom is 0.262 e. The molecule has 0 saturated heterocycles. The van der Waals surface area contributed by atoms with Gasteiger partial charge < -0.3 is 14.8 Å². The van der Waals surface area contributed by atoms with Crippen LogP contribution in [0.2, 0.25) is 0 Å². The number of sulfonamides is 1. The fraction of sp³-hybridized carbons (Fsp3) is 0.364. The number of rotatable bonds is 6. The van der Waals surface area contributed by atoms with E-state index in [4.69, 9.17) is 9.47 Å². The summed E-state index contributed by atoms with van der Waals surface area (Å²) in [6, 6.07) is 11.8. The van der Waals surface area contributed by atoms with Gasteiger partial charge in [-0.1, -0.05) is 12.5 Å². The molecule has 2 N–H and O–H groups in total. The minimum Gasteiger partial charge on any atom is -0.454 e. The molecule has 164 valence electrons. The number of hydrogen-bond acceptors (Lipinski definition) is 6. The number of anilines is 1. The summed E-state index contributed by atoms with van der Waals surface area (Å²) in [5, 5.41) is 2.80. The van der Waals surface area contributed by atoms with Crippen molar-refractivity contribution in [2.75, 3.05) is 18.7 Å². The molecule has 2 aliphatic rings. The third-order valence-corrected chi connectivity index (χ3v) is 6.55. The average Bonchev–Trinajstić information content (AvgIpc) is 3.08. The lowest BCUT2D eigenvalue weighted by molar-refractivity contribution is -0.116. The van der Waals surface area contributed by atoms with Gasteiger partial charge in [-0.2, -0.15) is 0 Å². The van der Waals surface area contributed by atoms with E-state index in [2.05, 4.69) is 15.0 Å². The van der Waals surface area contributed by atoms with E-state index in [1.54, 1.807) is 12.1 Å². The largest absolute Gasteiger partial charge is 0.454 e. The van der Waals surface area contributed by atoms with Crippen LogP contribution in [0.4, 0.5) is 5.69 Å². The Morgan fingerprint density at radius 2 is 1.81 bits per heavy atom. The van der Waals surface area contributed by atoms with Crippen molar-refractivity contribution >= 4 is 27.5 Å². The first-order valence-corrected chi connectivity index (χ1v) is 11.8. The Morgan fingerprint density at radius 3 is 2.65 bits per heavy atom. The van der Waals surface area contributed by atoms with Gasteiger partial charge in [0.05, 0.1) is 4.90 Å². The molecule has 0 saturated carbocycles. The van der Waals surface area contributed by atoms with Crippen molar-refractivity contribution in [1.29, 1.82) is 0 Å². The summed E-state index contributed by atoms with van der Waals surface area (Å²) >= 11 is 0. The van der Waals surface area contributed by atoms with E-state index in [1.165, 1.54) is 12.1 Å². The molecule has 0 fully saturated rings. The second-order valence-electron chi connectivity index (χ2n) is 7.50. The number of nitrogens with one attached hydrogen (secondary N) is 2. The van der Waals surface area contributed by atoms with Crippen LogP contribution in [0.5, 0.6) is 11.5 Å². The van der Waals surface area contributed by atoms with Crippen LogP contribution in [0.1, 0.15) is 37.7 Å². The zero-order valence-corrected chi connectivity index (χ0v) is 17.9. The van der Waals surface area contributed by atoms with E-state index >= 15 is 0 Å². The summed E-state index contributed by atoms with van der Waals surface area (Å²) < 4.78 is 38.4. The van der Waals surface area contributed by atoms with Gasteiger partial charge in [0.15, 0.2) is 11.5 Å². The number of aliphatic imine (C=N–C) groups is 1. The molecule has 9 heteroatoms. The summed E-state index contributed by atoms with van der Waals surface area (Å²) in [6.07, 6.45) is 4.45. The Morgan fingerprint density at radius 1 is 1.00 bits per heavy atom. The standard InChI is InChI=1S/C22H25N3O5S/c26-22(12-6-16-5-11-19-20(14-16)30-15-29-19)24-17-7-9-18(10-8-17)31(27,28)25-21-4-2-1-3-13-23-21/h5,7-11,14H,1-4,6,12-13,15H2,(H,23,25)(H,24,26). The second-order valence-corrected chi connectivity index (χ2v) is 9.19. The Balaban J connectivity index is 1.31. The Bertz CT molecular complexity index is 1080. The monoisotopic (exact) mass is 443 g/mol. The van der Waals surface area contributed by atoms with Gasteiger partial charge in [0.1, 0.15) is 5.84 Å². The lowest BCUT2D eigenvalue weighted by atomic mass is 10.1. The summed E-state index contributed by atoms with van der Waals surface area (Å²) in [7, 11) is -3.69. The first-order valence-electron chi connectivity index (χ1n) is 10.3. The molecule has 0 bridgehead atoms. The van der Waals surface area contributed by atoms with Crippen LogP contribution >= 0.6 is 0 Å². The van der Waals surface area contributed by atoms with Crippen LogP contribution in [0.25, 0.3) is 0 Å². The SMILES string of the molecule is O=C(CCc1ccc2c(c1)OCO2)Nc1ccc(S(=O)(=O)NC2=NCCCCC2)cc1. The van der Waals surface area contributed by atoms with E-state index in [0.29, 0.717) is 48.8 Å². The van der Waals surface area contributed by atoms with E-state index in [0.717, 1.165) is 24.8 Å². The summed E-state index contributed by atoms with van der Waals surface area (Å²) in [5.74, 6) is 1.76. The lowest BCUT2D eigenvalue weighted by Crippen LogP contribution is -2.30. The molecule has 31 heavy (non-hydrogen) atoms. The van der Waals surface area contributed by atoms with Crippen LogP contribution < -0.4 is 19.5 Å². The van der Waals surface area contributed by atoms with Gasteiger partial charge in [0.2, 0.25) is 12.7 Å². The van der Waals surface area contributed by atoms with Gasteiger partial charge in [-0.05, 0) is 61.2 Å². The molecule has 0 atom stereocenters. The number of hydrogen-bond donors (Lipinski definition) is 2. The van der Waals surface area contributed by atoms with Crippen LogP contribution in [0.3, 0.4) is 0 Å². The van der Waals surface area contributed by atoms with Crippen molar-refractivity contribution in [1.82, 2.24) is 4.72 Å². The number of carbonyl (C=O) groups excluding carboxylic acids is 1. The maximum absolute atomic E-state index is 12.6. The zero-order chi connectivity index (χ0) is 21.7. The predicted molar refractivity (Wildman–Crippen MR) is 117 cm³/mol. The van der Waals surface area contributed by atoms with E-state index < -0.39 is 10.0 Å². The molecule has 2 aromatic rings. The number of amidine groups is 1. The predicted octanol–water partition coefficient (Wildman–Crippen LogP) is 3.24. The normalized spacial score (nSPS) is 15.7. The van der Waals surface area contributed by atoms with Crippen LogP contribution in [0, 0.1) is 0 Å². The van der Waals surface area contributed by atoms with Crippen LogP contribution in [-0.2, 0) is 21.2 Å². The van der Waals surface area contributed by atoms with E-state index in [9.17, 15) is 13.2 Å². The van der Waals surface area contributed by atoms with E-state index in [1.807, 2.05) is 18.2 Å². The first kappa shape index (κ1) is 21.2. The highest BCUT2D eigenvalue weighted by Gasteiger charge is 2.17. The van der Waals surface area contributed by atoms with Gasteiger partial charge in [-0.25, -0.2) is 8.42 Å². The second kappa shape index (κ2) is 9.38. The fourth-order valence-corrected chi connectivity index (χ4v) is 4.56. The number of aryl methyl sites for hydroxylation is 1. The van der Waals surface area contributed by atoms with Crippen molar-refractivity contribution in [3.63, 3.8) is 0 Å². The summed E-state index contributed by atoms with van der Waals surface area (Å²) in [4.78, 5) is 16.7. The maximum atomic E-state index is 12.6. The van der Waals surface area contributed by atoms with Crippen molar-refractivity contribution < 1.29 is 22.7 Å². The molecular weight excluding hydrogens is 418 g/mol. The van der Waals surface area contributed by atoms with Crippen LogP contribution in [-0.4, -0.2) is 33.5 Å². The number of amides is 1. The van der Waals surface area contributed by atoms with Gasteiger partial charge >= 0.3 is 0 Å². The van der Waals surface area contributed by atoms with E-state index in [-0.39, 0.29) is 17.6 Å². The topological polar surface area (TPSA) is 106 Å². The molecule has 1 amide bonds. The lowest BCUT2D eigenvalue weighted by Gasteiger charge is -2.11. The average molecular weight is 444 g/mol. The highest BCUT2D eigenvalue weighted by molar-refractivity contribution is 7.90. The molecular formula is C22H25N3O5S. The molecule has 2 aromatic carbocycles. The third-order valence-electron chi connectivity index (χ3n) is 5.15. The van der Waals surface area contributed by atoms with Crippen LogP contribution in [0.15, 0.2) is 52.4 Å².